The third-order valence-electron chi connectivity index (χ3n) is 4.37. The van der Waals surface area contributed by atoms with Crippen LogP contribution in [0.3, 0.4) is 0 Å². The Kier molecular flexibility index (Phi) is 5.29. The second-order valence-electron chi connectivity index (χ2n) is 6.27. The van der Waals surface area contributed by atoms with Gasteiger partial charge in [0, 0.05) is 25.4 Å². The molecule has 0 aliphatic carbocycles. The Morgan fingerprint density at radius 1 is 1.22 bits per heavy atom. The summed E-state index contributed by atoms with van der Waals surface area (Å²) in [6, 6.07) is 4.81. The summed E-state index contributed by atoms with van der Waals surface area (Å²) in [5, 5.41) is 2.31. The molecule has 1 atom stereocenters. The maximum Gasteiger partial charge on any atom is 0.419 e. The number of pyridine rings is 1. The first-order chi connectivity index (χ1) is 12.8. The van der Waals surface area contributed by atoms with Gasteiger partial charge in [0.15, 0.2) is 0 Å². The smallest absolute Gasteiger partial charge is 0.355 e. The number of rotatable bonds is 3. The highest BCUT2D eigenvalue weighted by molar-refractivity contribution is 5.93. The first-order valence-electron chi connectivity index (χ1n) is 8.29. The SMILES string of the molecule is O=C(Nc1cc(F)ccc1F)[C@H]1CCCN(c2ncccc2C(F)(F)F)C1. The molecule has 1 N–H and O–H groups in total. The molecule has 0 unspecified atom stereocenters. The van der Waals surface area contributed by atoms with Gasteiger partial charge in [-0.15, -0.1) is 0 Å². The highest BCUT2D eigenvalue weighted by Crippen LogP contribution is 2.36. The van der Waals surface area contributed by atoms with E-state index in [1.165, 1.54) is 17.2 Å². The van der Waals surface area contributed by atoms with Gasteiger partial charge in [0.2, 0.25) is 5.91 Å². The van der Waals surface area contributed by atoms with Crippen LogP contribution < -0.4 is 10.2 Å². The van der Waals surface area contributed by atoms with Crippen LogP contribution >= 0.6 is 0 Å². The summed E-state index contributed by atoms with van der Waals surface area (Å²) in [5.41, 5.74) is -1.17. The predicted octanol–water partition coefficient (Wildman–Crippen LogP) is 4.23. The third-order valence-corrected chi connectivity index (χ3v) is 4.37. The molecule has 1 fully saturated rings. The Labute approximate surface area is 152 Å². The fourth-order valence-electron chi connectivity index (χ4n) is 3.08. The summed E-state index contributed by atoms with van der Waals surface area (Å²) in [5.74, 6) is -2.99. The Bertz CT molecular complexity index is 840. The second-order valence-corrected chi connectivity index (χ2v) is 6.27. The second kappa shape index (κ2) is 7.50. The van der Waals surface area contributed by atoms with Gasteiger partial charge >= 0.3 is 6.18 Å². The largest absolute Gasteiger partial charge is 0.419 e. The lowest BCUT2D eigenvalue weighted by Crippen LogP contribution is -2.42. The molecular formula is C18H16F5N3O. The van der Waals surface area contributed by atoms with E-state index in [2.05, 4.69) is 10.3 Å². The quantitative estimate of drug-likeness (QED) is 0.805. The average molecular weight is 385 g/mol. The molecule has 4 nitrogen and oxygen atoms in total. The van der Waals surface area contributed by atoms with Gasteiger partial charge in [0.25, 0.3) is 0 Å². The number of halogens is 5. The van der Waals surface area contributed by atoms with E-state index in [1.54, 1.807) is 0 Å². The molecule has 27 heavy (non-hydrogen) atoms. The number of nitrogens with zero attached hydrogens (tertiary/aromatic N) is 2. The molecule has 144 valence electrons. The van der Waals surface area contributed by atoms with E-state index in [4.69, 9.17) is 0 Å². The minimum absolute atomic E-state index is 0.00284. The van der Waals surface area contributed by atoms with Crippen molar-refractivity contribution < 1.29 is 26.7 Å². The van der Waals surface area contributed by atoms with E-state index in [1.807, 2.05) is 0 Å². The van der Waals surface area contributed by atoms with Crippen LogP contribution in [0, 0.1) is 17.6 Å². The van der Waals surface area contributed by atoms with Gasteiger partial charge in [-0.3, -0.25) is 4.79 Å². The molecule has 2 aromatic rings. The van der Waals surface area contributed by atoms with Crippen molar-refractivity contribution in [3.05, 3.63) is 53.7 Å². The van der Waals surface area contributed by atoms with Crippen LogP contribution in [0.1, 0.15) is 18.4 Å². The zero-order valence-electron chi connectivity index (χ0n) is 14.1. The molecule has 1 aliphatic heterocycles. The molecule has 3 rings (SSSR count). The standard InChI is InChI=1S/C18H16F5N3O/c19-12-5-6-14(20)15(9-12)25-17(27)11-3-2-8-26(10-11)16-13(18(21,22)23)4-1-7-24-16/h1,4-7,9,11H,2-3,8,10H2,(H,25,27)/t11-/m0/s1. The minimum atomic E-state index is -4.57. The van der Waals surface area contributed by atoms with Gasteiger partial charge in [-0.2, -0.15) is 13.2 Å². The van der Waals surface area contributed by atoms with Crippen molar-refractivity contribution in [1.82, 2.24) is 4.98 Å². The summed E-state index contributed by atoms with van der Waals surface area (Å²) in [4.78, 5) is 17.7. The number of anilines is 2. The van der Waals surface area contributed by atoms with E-state index >= 15 is 0 Å². The van der Waals surface area contributed by atoms with Crippen molar-refractivity contribution >= 4 is 17.4 Å². The average Bonchev–Trinajstić information content (AvgIpc) is 2.64. The van der Waals surface area contributed by atoms with Crippen molar-refractivity contribution in [2.45, 2.75) is 19.0 Å². The maximum absolute atomic E-state index is 13.7. The van der Waals surface area contributed by atoms with Crippen molar-refractivity contribution in [2.75, 3.05) is 23.3 Å². The summed E-state index contributed by atoms with van der Waals surface area (Å²) in [6.45, 7) is 0.320. The molecule has 1 saturated heterocycles. The fourth-order valence-corrected chi connectivity index (χ4v) is 3.08. The van der Waals surface area contributed by atoms with E-state index in [-0.39, 0.29) is 18.1 Å². The Hall–Kier alpha value is -2.71. The molecule has 2 heterocycles. The summed E-state index contributed by atoms with van der Waals surface area (Å²) >= 11 is 0. The number of hydrogen-bond acceptors (Lipinski definition) is 3. The molecule has 0 spiro atoms. The molecule has 1 aromatic carbocycles. The highest BCUT2D eigenvalue weighted by Gasteiger charge is 2.37. The lowest BCUT2D eigenvalue weighted by Gasteiger charge is -2.34. The van der Waals surface area contributed by atoms with Crippen LogP contribution in [0.25, 0.3) is 0 Å². The zero-order valence-corrected chi connectivity index (χ0v) is 14.1. The van der Waals surface area contributed by atoms with Crippen molar-refractivity contribution in [3.8, 4) is 0 Å². The number of alkyl halides is 3. The number of nitrogens with one attached hydrogen (secondary N) is 1. The van der Waals surface area contributed by atoms with Crippen LogP contribution in [0.2, 0.25) is 0 Å². The van der Waals surface area contributed by atoms with Gasteiger partial charge in [-0.05, 0) is 37.1 Å². The first kappa shape index (κ1) is 19.1. The Morgan fingerprint density at radius 3 is 2.74 bits per heavy atom. The lowest BCUT2D eigenvalue weighted by atomic mass is 9.96. The number of carbonyl (C=O) groups is 1. The Morgan fingerprint density at radius 2 is 2.00 bits per heavy atom. The third kappa shape index (κ3) is 4.35. The maximum atomic E-state index is 13.7. The highest BCUT2D eigenvalue weighted by atomic mass is 19.4. The number of carbonyl (C=O) groups excluding carboxylic acids is 1. The summed E-state index contributed by atoms with van der Waals surface area (Å²) in [7, 11) is 0. The normalized spacial score (nSPS) is 17.7. The topological polar surface area (TPSA) is 45.2 Å². The molecule has 1 aromatic heterocycles. The van der Waals surface area contributed by atoms with E-state index in [0.29, 0.717) is 19.4 Å². The molecule has 9 heteroatoms. The molecule has 0 saturated carbocycles. The summed E-state index contributed by atoms with van der Waals surface area (Å²) < 4.78 is 66.6. The number of amides is 1. The van der Waals surface area contributed by atoms with Gasteiger partial charge in [-0.1, -0.05) is 0 Å². The zero-order chi connectivity index (χ0) is 19.6. The van der Waals surface area contributed by atoms with Crippen molar-refractivity contribution in [2.24, 2.45) is 5.92 Å². The van der Waals surface area contributed by atoms with Gasteiger partial charge in [0.1, 0.15) is 17.5 Å². The fraction of sp³-hybridized carbons (Fsp3) is 0.333. The van der Waals surface area contributed by atoms with Crippen LogP contribution in [-0.4, -0.2) is 24.0 Å². The molecule has 1 amide bonds. The van der Waals surface area contributed by atoms with Crippen LogP contribution in [0.15, 0.2) is 36.5 Å². The number of aromatic nitrogens is 1. The lowest BCUT2D eigenvalue weighted by molar-refractivity contribution is -0.137. The molecular weight excluding hydrogens is 369 g/mol. The van der Waals surface area contributed by atoms with Crippen LogP contribution in [-0.2, 0) is 11.0 Å². The molecule has 0 bridgehead atoms. The summed E-state index contributed by atoms with van der Waals surface area (Å²) in [6.07, 6.45) is -2.41. The van der Waals surface area contributed by atoms with E-state index < -0.39 is 35.2 Å². The monoisotopic (exact) mass is 385 g/mol. The van der Waals surface area contributed by atoms with Crippen LogP contribution in [0.5, 0.6) is 0 Å². The van der Waals surface area contributed by atoms with Crippen LogP contribution in [0.4, 0.5) is 33.5 Å². The van der Waals surface area contributed by atoms with Crippen molar-refractivity contribution in [1.29, 1.82) is 0 Å². The molecule has 0 radical (unpaired) electrons. The number of hydrogen-bond donors (Lipinski definition) is 1. The predicted molar refractivity (Wildman–Crippen MR) is 89.2 cm³/mol. The minimum Gasteiger partial charge on any atom is -0.355 e. The van der Waals surface area contributed by atoms with Crippen molar-refractivity contribution in [3.63, 3.8) is 0 Å². The number of benzene rings is 1. The van der Waals surface area contributed by atoms with Gasteiger partial charge < -0.3 is 10.2 Å². The van der Waals surface area contributed by atoms with E-state index in [0.717, 1.165) is 24.3 Å². The number of piperidine rings is 1. The Balaban J connectivity index is 1.77. The van der Waals surface area contributed by atoms with Gasteiger partial charge in [0.05, 0.1) is 17.2 Å². The van der Waals surface area contributed by atoms with E-state index in [9.17, 15) is 26.7 Å². The van der Waals surface area contributed by atoms with Gasteiger partial charge in [-0.25, -0.2) is 13.8 Å². The molecule has 1 aliphatic rings. The first-order valence-corrected chi connectivity index (χ1v) is 8.29.